The minimum atomic E-state index is -4.71. The Morgan fingerprint density at radius 1 is 0.600 bits per heavy atom. The lowest BCUT2D eigenvalue weighted by atomic mass is 9.66. The van der Waals surface area contributed by atoms with Crippen molar-refractivity contribution >= 4 is 0 Å². The van der Waals surface area contributed by atoms with Crippen LogP contribution in [0.15, 0.2) is 48.5 Å². The monoisotopic (exact) mass is 498 g/mol. The fraction of sp³-hybridized carbons (Fsp3) is 0.586. The van der Waals surface area contributed by atoms with E-state index >= 15 is 26.3 Å². The number of benzene rings is 2. The number of rotatable bonds is 14. The Labute approximate surface area is 205 Å². The highest BCUT2D eigenvalue weighted by molar-refractivity contribution is 5.82. The Morgan fingerprint density at radius 3 is 1.54 bits per heavy atom. The predicted octanol–water partition coefficient (Wildman–Crippen LogP) is 10.2. The predicted molar refractivity (Wildman–Crippen MR) is 130 cm³/mol. The summed E-state index contributed by atoms with van der Waals surface area (Å²) in [7, 11) is 0. The van der Waals surface area contributed by atoms with Crippen LogP contribution in [0, 0.1) is 0 Å². The van der Waals surface area contributed by atoms with Gasteiger partial charge in [-0.1, -0.05) is 101 Å². The van der Waals surface area contributed by atoms with Crippen LogP contribution in [0.2, 0.25) is 0 Å². The molecule has 0 nitrogen and oxygen atoms in total. The van der Waals surface area contributed by atoms with Crippen LogP contribution in [-0.2, 0) is 5.41 Å². The third-order valence-corrected chi connectivity index (χ3v) is 7.32. The van der Waals surface area contributed by atoms with Crippen molar-refractivity contribution in [3.8, 4) is 11.1 Å². The number of halogens is 6. The van der Waals surface area contributed by atoms with E-state index in [1.165, 1.54) is 24.3 Å². The Hall–Kier alpha value is -1.98. The summed E-state index contributed by atoms with van der Waals surface area (Å²) in [5, 5.41) is 0. The number of unbranched alkanes of at least 4 members (excludes halogenated alkanes) is 6. The van der Waals surface area contributed by atoms with Gasteiger partial charge in [0, 0.05) is 19.3 Å². The van der Waals surface area contributed by atoms with E-state index in [0.717, 1.165) is 19.3 Å². The highest BCUT2D eigenvalue weighted by Crippen LogP contribution is 2.64. The maximum absolute atomic E-state index is 16.3. The zero-order valence-electron chi connectivity index (χ0n) is 20.7. The average Bonchev–Trinajstić information content (AvgIpc) is 3.10. The SMILES string of the molecule is CCCCCCC(F)(F)CC1(C(F)(F)C(F)(F)CCCCCC)c2ccccc2-c2ccccc21. The van der Waals surface area contributed by atoms with Gasteiger partial charge in [-0.2, -0.15) is 17.6 Å². The standard InChI is InChI=1S/C29H36F6/c1-3-5-7-13-19-26(30,31)21-27(29(34,35)28(32,33)20-14-8-6-4-2)24-17-11-9-15-22(24)23-16-10-12-18-25(23)27/h9-12,15-18H,3-8,13-14,19-21H2,1-2H3. The first-order valence-electron chi connectivity index (χ1n) is 12.9. The molecule has 0 heterocycles. The van der Waals surface area contributed by atoms with Crippen molar-refractivity contribution in [1.29, 1.82) is 0 Å². The molecule has 0 atom stereocenters. The van der Waals surface area contributed by atoms with Crippen LogP contribution >= 0.6 is 0 Å². The van der Waals surface area contributed by atoms with E-state index in [4.69, 9.17) is 0 Å². The van der Waals surface area contributed by atoms with Gasteiger partial charge in [0.15, 0.2) is 0 Å². The van der Waals surface area contributed by atoms with Gasteiger partial charge in [-0.3, -0.25) is 0 Å². The number of hydrogen-bond acceptors (Lipinski definition) is 0. The highest BCUT2D eigenvalue weighted by atomic mass is 19.3. The van der Waals surface area contributed by atoms with Crippen LogP contribution < -0.4 is 0 Å². The number of fused-ring (bicyclic) bond motifs is 3. The van der Waals surface area contributed by atoms with Crippen LogP contribution in [0.1, 0.15) is 95.6 Å². The molecule has 0 N–H and O–H groups in total. The van der Waals surface area contributed by atoms with Gasteiger partial charge in [-0.25, -0.2) is 8.78 Å². The summed E-state index contributed by atoms with van der Waals surface area (Å²) in [5.74, 6) is -12.7. The van der Waals surface area contributed by atoms with Gasteiger partial charge < -0.3 is 0 Å². The van der Waals surface area contributed by atoms with Crippen molar-refractivity contribution in [2.45, 2.75) is 108 Å². The third-order valence-electron chi connectivity index (χ3n) is 7.32. The summed E-state index contributed by atoms with van der Waals surface area (Å²) in [6.45, 7) is 3.85. The molecule has 1 aliphatic carbocycles. The van der Waals surface area contributed by atoms with E-state index in [9.17, 15) is 0 Å². The van der Waals surface area contributed by atoms with E-state index in [1.807, 2.05) is 13.8 Å². The summed E-state index contributed by atoms with van der Waals surface area (Å²) in [5.41, 5.74) is -2.43. The largest absolute Gasteiger partial charge is 0.323 e. The van der Waals surface area contributed by atoms with Gasteiger partial charge in [0.25, 0.3) is 0 Å². The molecular weight excluding hydrogens is 462 g/mol. The van der Waals surface area contributed by atoms with Crippen molar-refractivity contribution in [2.75, 3.05) is 0 Å². The summed E-state index contributed by atoms with van der Waals surface area (Å²) in [4.78, 5) is 0. The average molecular weight is 499 g/mol. The third kappa shape index (κ3) is 5.27. The van der Waals surface area contributed by atoms with Crippen LogP contribution in [0.5, 0.6) is 0 Å². The van der Waals surface area contributed by atoms with Gasteiger partial charge in [0.2, 0.25) is 5.92 Å². The van der Waals surface area contributed by atoms with Gasteiger partial charge in [-0.15, -0.1) is 0 Å². The van der Waals surface area contributed by atoms with Crippen LogP contribution in [-0.4, -0.2) is 17.8 Å². The second-order valence-corrected chi connectivity index (χ2v) is 9.93. The van der Waals surface area contributed by atoms with Crippen molar-refractivity contribution in [1.82, 2.24) is 0 Å². The minimum absolute atomic E-state index is 0.0801. The lowest BCUT2D eigenvalue weighted by Gasteiger charge is -2.44. The number of alkyl halides is 6. The van der Waals surface area contributed by atoms with Crippen molar-refractivity contribution < 1.29 is 26.3 Å². The molecule has 0 saturated carbocycles. The molecule has 6 heteroatoms. The molecule has 0 aliphatic heterocycles. The molecule has 1 aliphatic rings. The molecule has 0 aromatic heterocycles. The summed E-state index contributed by atoms with van der Waals surface area (Å²) < 4.78 is 94.4. The Morgan fingerprint density at radius 2 is 1.06 bits per heavy atom. The minimum Gasteiger partial charge on any atom is -0.207 e. The van der Waals surface area contributed by atoms with Crippen LogP contribution in [0.25, 0.3) is 11.1 Å². The van der Waals surface area contributed by atoms with Crippen molar-refractivity contribution in [2.24, 2.45) is 0 Å². The molecule has 0 saturated heterocycles. The van der Waals surface area contributed by atoms with E-state index in [1.54, 1.807) is 24.3 Å². The molecule has 2 aromatic carbocycles. The first-order chi connectivity index (χ1) is 16.5. The van der Waals surface area contributed by atoms with Gasteiger partial charge in [-0.05, 0) is 35.1 Å². The molecule has 0 fully saturated rings. The van der Waals surface area contributed by atoms with E-state index < -0.39 is 42.4 Å². The van der Waals surface area contributed by atoms with Crippen LogP contribution in [0.4, 0.5) is 26.3 Å². The zero-order valence-corrected chi connectivity index (χ0v) is 20.7. The first kappa shape index (κ1) is 27.6. The fourth-order valence-electron chi connectivity index (χ4n) is 5.49. The van der Waals surface area contributed by atoms with Gasteiger partial charge in [0.1, 0.15) is 0 Å². The fourth-order valence-corrected chi connectivity index (χ4v) is 5.49. The normalized spacial score (nSPS) is 15.2. The summed E-state index contributed by atoms with van der Waals surface area (Å²) in [6, 6.07) is 11.9. The topological polar surface area (TPSA) is 0 Å². The highest BCUT2D eigenvalue weighted by Gasteiger charge is 2.72. The Bertz CT molecular complexity index is 920. The maximum Gasteiger partial charge on any atom is 0.323 e. The molecule has 0 bridgehead atoms. The second-order valence-electron chi connectivity index (χ2n) is 9.93. The Kier molecular flexibility index (Phi) is 8.64. The smallest absolute Gasteiger partial charge is 0.207 e. The quantitative estimate of drug-likeness (QED) is 0.180. The second kappa shape index (κ2) is 11.0. The number of hydrogen-bond donors (Lipinski definition) is 0. The molecule has 2 aromatic rings. The maximum atomic E-state index is 16.3. The molecule has 35 heavy (non-hydrogen) atoms. The first-order valence-corrected chi connectivity index (χ1v) is 12.9. The lowest BCUT2D eigenvalue weighted by molar-refractivity contribution is -0.251. The van der Waals surface area contributed by atoms with Crippen molar-refractivity contribution in [3.63, 3.8) is 0 Å². The summed E-state index contributed by atoms with van der Waals surface area (Å²) >= 11 is 0. The van der Waals surface area contributed by atoms with E-state index in [-0.39, 0.29) is 24.0 Å². The van der Waals surface area contributed by atoms with E-state index in [2.05, 4.69) is 0 Å². The van der Waals surface area contributed by atoms with Crippen molar-refractivity contribution in [3.05, 3.63) is 59.7 Å². The van der Waals surface area contributed by atoms with Gasteiger partial charge in [0.05, 0.1) is 5.41 Å². The lowest BCUT2D eigenvalue weighted by Crippen LogP contribution is -2.58. The summed E-state index contributed by atoms with van der Waals surface area (Å²) in [6.07, 6.45) is 1.10. The molecule has 0 radical (unpaired) electrons. The Balaban J connectivity index is 2.12. The van der Waals surface area contributed by atoms with Gasteiger partial charge >= 0.3 is 11.8 Å². The van der Waals surface area contributed by atoms with E-state index in [0.29, 0.717) is 30.4 Å². The zero-order chi connectivity index (χ0) is 25.7. The molecule has 0 spiro atoms. The molecule has 3 rings (SSSR count). The molecule has 0 amide bonds. The molecular formula is C29H36F6. The van der Waals surface area contributed by atoms with Crippen LogP contribution in [0.3, 0.4) is 0 Å². The molecule has 194 valence electrons. The molecule has 0 unspecified atom stereocenters.